The number of carbonyl (C=O) groups excluding carboxylic acids is 6. The van der Waals surface area contributed by atoms with Gasteiger partial charge in [-0.15, -0.1) is 0 Å². The Balaban J connectivity index is 0.000000174. The van der Waals surface area contributed by atoms with E-state index < -0.39 is 0 Å². The highest BCUT2D eigenvalue weighted by molar-refractivity contribution is 6.32. The first-order chi connectivity index (χ1) is 57.5. The van der Waals surface area contributed by atoms with E-state index in [1.165, 1.54) is 61.6 Å². The summed E-state index contributed by atoms with van der Waals surface area (Å²) >= 11 is 18.3. The summed E-state index contributed by atoms with van der Waals surface area (Å²) in [4.78, 5) is 86.5. The van der Waals surface area contributed by atoms with Crippen molar-refractivity contribution in [2.24, 2.45) is 5.92 Å². The number of benzene rings is 9. The molecule has 1 saturated carbocycles. The fraction of sp³-hybridized carbons (Fsp3) is 0.455. The van der Waals surface area contributed by atoms with Gasteiger partial charge in [-0.2, -0.15) is 0 Å². The number of hydrogen-bond acceptors (Lipinski definition) is 10. The van der Waals surface area contributed by atoms with Crippen LogP contribution in [0.5, 0.6) is 0 Å². The molecule has 6 amide bonds. The number of aliphatic hydroxyl groups excluding tert-OH is 1. The first-order valence-electron chi connectivity index (χ1n) is 43.8. The van der Waals surface area contributed by atoms with Gasteiger partial charge in [0.25, 0.3) is 17.7 Å². The molecule has 9 aromatic carbocycles. The van der Waals surface area contributed by atoms with Gasteiger partial charge >= 0.3 is 0 Å². The lowest BCUT2D eigenvalue weighted by Crippen LogP contribution is -2.49. The van der Waals surface area contributed by atoms with Crippen molar-refractivity contribution < 1.29 is 33.9 Å². The number of hydrogen-bond donors (Lipinski definition) is 7. The minimum absolute atomic E-state index is 0.0249. The van der Waals surface area contributed by atoms with Gasteiger partial charge in [0.15, 0.2) is 0 Å². The highest BCUT2D eigenvalue weighted by Crippen LogP contribution is 2.32. The molecule has 4 fully saturated rings. The zero-order valence-corrected chi connectivity index (χ0v) is 71.9. The van der Waals surface area contributed by atoms with E-state index in [-0.39, 0.29) is 84.2 Å². The summed E-state index contributed by atoms with van der Waals surface area (Å²) in [5.41, 5.74) is 5.68. The molecule has 3 saturated heterocycles. The van der Waals surface area contributed by atoms with Crippen molar-refractivity contribution in [3.63, 3.8) is 0 Å². The Morgan fingerprint density at radius 1 is 0.381 bits per heavy atom. The molecule has 3 heterocycles. The predicted octanol–water partition coefficient (Wildman–Crippen LogP) is 19.4. The summed E-state index contributed by atoms with van der Waals surface area (Å²) in [5, 5.41) is 37.4. The molecule has 1 aliphatic carbocycles. The van der Waals surface area contributed by atoms with Gasteiger partial charge in [-0.05, 0) is 205 Å². The molecule has 3 aliphatic heterocycles. The Morgan fingerprint density at radius 2 is 0.703 bits per heavy atom. The number of aliphatic hydroxyl groups is 1. The van der Waals surface area contributed by atoms with Gasteiger partial charge in [0.05, 0.1) is 18.1 Å². The van der Waals surface area contributed by atoms with Crippen LogP contribution in [0.3, 0.4) is 0 Å². The summed E-state index contributed by atoms with van der Waals surface area (Å²) in [7, 11) is 0. The van der Waals surface area contributed by atoms with Crippen LogP contribution < -0.4 is 31.9 Å². The minimum Gasteiger partial charge on any atom is -0.396 e. The highest BCUT2D eigenvalue weighted by atomic mass is 35.5. The number of rotatable bonds is 33. The molecule has 13 rings (SSSR count). The number of fused-ring (bicyclic) bond motifs is 3. The van der Waals surface area contributed by atoms with Gasteiger partial charge in [-0.25, -0.2) is 0 Å². The van der Waals surface area contributed by atoms with E-state index in [1.807, 2.05) is 144 Å². The van der Waals surface area contributed by atoms with Gasteiger partial charge < -0.3 is 51.7 Å². The normalized spacial score (nSPS) is 19.5. The van der Waals surface area contributed by atoms with Crippen molar-refractivity contribution >= 4 is 103 Å². The predicted molar refractivity (Wildman–Crippen MR) is 484 cm³/mol. The monoisotopic (exact) mass is 1660 g/mol. The fourth-order valence-corrected chi connectivity index (χ4v) is 18.0. The summed E-state index contributed by atoms with van der Waals surface area (Å²) in [6, 6.07) is 64.7. The average molecular weight is 1660 g/mol. The lowest BCUT2D eigenvalue weighted by Gasteiger charge is -2.29. The molecule has 0 bridgehead atoms. The van der Waals surface area contributed by atoms with E-state index in [0.717, 1.165) is 128 Å². The van der Waals surface area contributed by atoms with Crippen molar-refractivity contribution in [3.8, 4) is 0 Å². The largest absolute Gasteiger partial charge is 0.396 e. The van der Waals surface area contributed by atoms with Crippen molar-refractivity contribution in [1.82, 2.24) is 46.6 Å². The summed E-state index contributed by atoms with van der Waals surface area (Å²) in [6.45, 7) is 14.5. The average Bonchev–Trinajstić information content (AvgIpc) is 1.05. The maximum absolute atomic E-state index is 13.9. The Morgan fingerprint density at radius 3 is 1.03 bits per heavy atom. The number of nitrogens with zero attached hydrogens (tertiary/aromatic N) is 3. The van der Waals surface area contributed by atoms with E-state index in [9.17, 15) is 33.9 Å². The summed E-state index contributed by atoms with van der Waals surface area (Å²) in [5.74, 6) is 1.83. The molecule has 628 valence electrons. The van der Waals surface area contributed by atoms with Gasteiger partial charge in [-0.3, -0.25) is 28.8 Å². The third-order valence-corrected chi connectivity index (χ3v) is 25.3. The van der Waals surface area contributed by atoms with E-state index in [2.05, 4.69) is 130 Å². The molecule has 7 N–H and O–H groups in total. The highest BCUT2D eigenvalue weighted by Gasteiger charge is 2.36. The van der Waals surface area contributed by atoms with Crippen LogP contribution in [0.15, 0.2) is 200 Å². The lowest BCUT2D eigenvalue weighted by molar-refractivity contribution is -0.134. The lowest BCUT2D eigenvalue weighted by atomic mass is 9.85. The number of unbranched alkanes of at least 4 members (excludes halogenated alkanes) is 4. The number of amides is 6. The van der Waals surface area contributed by atoms with Gasteiger partial charge in [0.1, 0.15) is 0 Å². The van der Waals surface area contributed by atoms with Crippen LogP contribution in [-0.4, -0.2) is 157 Å². The van der Waals surface area contributed by atoms with E-state index in [1.54, 1.807) is 0 Å². The Bertz CT molecular complexity index is 4690. The molecule has 16 nitrogen and oxygen atoms in total. The molecular formula is C99H124Cl3N9O7. The summed E-state index contributed by atoms with van der Waals surface area (Å²) < 4.78 is 0. The SMILES string of the molecule is CCCCCC[C@@H]1N[C@H](CNC(=O)c2ccc3cc(Cl)ccc3c2)CCN(C[C@@H](CC)c2ccccc2)C1=O.CC[C@H](CN1CC[C@@H](CNC(=O)c2ccc3cc(Cl)ccc3c2)N[C@@H](CCC2CCCCC2)C1=O)c1ccccc1.CC[C@H](CN1CC[C@@H](CNC(=O)c2ccc3cc(Cl)ccc3c2)N[C@@H](CCCCO)C1=O)c1ccccc1. The molecule has 0 spiro atoms. The van der Waals surface area contributed by atoms with E-state index >= 15 is 0 Å². The van der Waals surface area contributed by atoms with Crippen LogP contribution >= 0.6 is 34.8 Å². The van der Waals surface area contributed by atoms with Crippen molar-refractivity contribution in [1.29, 1.82) is 0 Å². The minimum atomic E-state index is -0.329. The van der Waals surface area contributed by atoms with Crippen LogP contribution in [0.25, 0.3) is 32.3 Å². The van der Waals surface area contributed by atoms with Crippen LogP contribution in [0.2, 0.25) is 15.1 Å². The van der Waals surface area contributed by atoms with Crippen LogP contribution in [0.4, 0.5) is 0 Å². The second kappa shape index (κ2) is 46.8. The molecule has 0 radical (unpaired) electrons. The number of halogens is 3. The first-order valence-corrected chi connectivity index (χ1v) is 44.9. The van der Waals surface area contributed by atoms with Gasteiger partial charge in [0, 0.05) is 133 Å². The third-order valence-electron chi connectivity index (χ3n) is 24.6. The van der Waals surface area contributed by atoms with Crippen molar-refractivity contribution in [3.05, 3.63) is 249 Å². The fourth-order valence-electron chi connectivity index (χ4n) is 17.4. The maximum atomic E-state index is 13.9. The topological polar surface area (TPSA) is 205 Å². The van der Waals surface area contributed by atoms with Crippen molar-refractivity contribution in [2.75, 3.05) is 65.5 Å². The van der Waals surface area contributed by atoms with Gasteiger partial charge in [0.2, 0.25) is 17.7 Å². The zero-order valence-electron chi connectivity index (χ0n) is 69.6. The van der Waals surface area contributed by atoms with E-state index in [0.29, 0.717) is 102 Å². The first kappa shape index (κ1) is 90.1. The summed E-state index contributed by atoms with van der Waals surface area (Å²) in [6.07, 6.45) is 21.2. The number of nitrogens with one attached hydrogen (secondary N) is 6. The standard InChI is InChI=1S/C35H44ClN3O2.C33H42ClN3O2.C31H38ClN3O3/c1-2-26(27-11-7-4-8-12-27)24-39-20-19-32(38-33(35(39)41)18-13-25-9-5-3-6-10-25)23-37-34(40)30-15-14-29-22-31(36)17-16-28(29)21-30;1-3-5-6-10-13-31-33(39)37(23-24(4-2)25-11-8-7-9-12-25)19-18-30(36-31)22-35-32(38)28-15-14-27-21-29(34)17-16-26(27)20-28;1-2-22(23-8-4-3-5-9-23)21-35-16-15-28(34-29(31(35)38)10-6-7-17-36)20-33-30(37)26-12-11-25-19-27(32)14-13-24(25)18-26/h4,7-8,11-12,14-17,21-22,25-26,32-33,38H,2-3,5-6,9-10,13,18-20,23-24H2,1H3,(H,37,40);7-9,11-12,14-17,20-21,24,30-31,36H,3-6,10,13,18-19,22-23H2,1-2H3,(H,35,38);3-5,8-9,11-14,18-19,22,28-29,34,36H,2,6-7,10,15-17,20-21H2,1H3,(H,33,37)/t26-,32+,33+;24-,30+,31+;22-,28+,29+/m111/s1. The second-order valence-corrected chi connectivity index (χ2v) is 34.2. The quantitative estimate of drug-likeness (QED) is 0.0194. The van der Waals surface area contributed by atoms with Crippen LogP contribution in [-0.2, 0) is 14.4 Å². The molecule has 0 aromatic heterocycles. The molecule has 9 aromatic rings. The van der Waals surface area contributed by atoms with Gasteiger partial charge in [-0.1, -0.05) is 248 Å². The third kappa shape index (κ3) is 26.6. The van der Waals surface area contributed by atoms with E-state index in [4.69, 9.17) is 34.8 Å². The molecule has 19 heteroatoms. The second-order valence-electron chi connectivity index (χ2n) is 32.9. The maximum Gasteiger partial charge on any atom is 0.251 e. The Labute approximate surface area is 715 Å². The molecular weight excluding hydrogens is 1530 g/mol. The zero-order chi connectivity index (χ0) is 83.1. The molecule has 118 heavy (non-hydrogen) atoms. The number of carbonyl (C=O) groups is 6. The molecule has 9 atom stereocenters. The Kier molecular flexibility index (Phi) is 35.7. The molecule has 0 unspecified atom stereocenters. The smallest absolute Gasteiger partial charge is 0.251 e. The van der Waals surface area contributed by atoms with Crippen molar-refractivity contribution in [2.45, 2.75) is 217 Å². The van der Waals surface area contributed by atoms with Crippen LogP contribution in [0.1, 0.15) is 228 Å². The molecule has 4 aliphatic rings. The Hall–Kier alpha value is -8.71. The van der Waals surface area contributed by atoms with Crippen LogP contribution in [0, 0.1) is 5.92 Å².